The Hall–Kier alpha value is -2.20. The van der Waals surface area contributed by atoms with Crippen molar-refractivity contribution in [2.75, 3.05) is 39.3 Å². The third kappa shape index (κ3) is 4.93. The van der Waals surface area contributed by atoms with Gasteiger partial charge in [-0.1, -0.05) is 23.7 Å². The van der Waals surface area contributed by atoms with Crippen LogP contribution < -0.4 is 10.0 Å². The van der Waals surface area contributed by atoms with Crippen molar-refractivity contribution in [1.82, 2.24) is 19.8 Å². The van der Waals surface area contributed by atoms with Gasteiger partial charge in [0.05, 0.1) is 11.4 Å². The highest BCUT2D eigenvalue weighted by Gasteiger charge is 2.36. The van der Waals surface area contributed by atoms with E-state index in [1.54, 1.807) is 30.3 Å². The van der Waals surface area contributed by atoms with Gasteiger partial charge >= 0.3 is 0 Å². The van der Waals surface area contributed by atoms with Crippen molar-refractivity contribution in [3.63, 3.8) is 0 Å². The van der Waals surface area contributed by atoms with E-state index < -0.39 is 16.1 Å². The number of benzene rings is 2. The van der Waals surface area contributed by atoms with Gasteiger partial charge in [0.1, 0.15) is 6.04 Å². The van der Waals surface area contributed by atoms with Crippen LogP contribution in [0.5, 0.6) is 0 Å². The molecule has 10 heteroatoms. The number of nitrogens with one attached hydrogen (secondary N) is 2. The third-order valence-corrected chi connectivity index (χ3v) is 8.79. The first-order valence-corrected chi connectivity index (χ1v) is 13.6. The Morgan fingerprint density at radius 1 is 1.09 bits per heavy atom. The lowest BCUT2D eigenvalue weighted by molar-refractivity contribution is -0.144. The van der Waals surface area contributed by atoms with Gasteiger partial charge < -0.3 is 15.1 Å². The third-order valence-electron chi connectivity index (χ3n) is 7.08. The second kappa shape index (κ2) is 9.45. The van der Waals surface area contributed by atoms with Crippen molar-refractivity contribution in [2.45, 2.75) is 30.2 Å². The summed E-state index contributed by atoms with van der Waals surface area (Å²) >= 11 is 6.01. The molecular formula is C24H29ClN4O4S. The summed E-state index contributed by atoms with van der Waals surface area (Å²) < 4.78 is 28.7. The van der Waals surface area contributed by atoms with Crippen molar-refractivity contribution in [1.29, 1.82) is 0 Å². The summed E-state index contributed by atoms with van der Waals surface area (Å²) in [5, 5.41) is 5.57. The molecule has 34 heavy (non-hydrogen) atoms. The van der Waals surface area contributed by atoms with Crippen LogP contribution in [0.25, 0.3) is 10.8 Å². The molecule has 3 aliphatic rings. The highest BCUT2D eigenvalue weighted by molar-refractivity contribution is 7.89. The lowest BCUT2D eigenvalue weighted by Crippen LogP contribution is -2.57. The predicted molar refractivity (Wildman–Crippen MR) is 130 cm³/mol. The normalized spacial score (nSPS) is 25.6. The number of sulfonamides is 1. The van der Waals surface area contributed by atoms with Gasteiger partial charge in [0.25, 0.3) is 0 Å². The van der Waals surface area contributed by atoms with E-state index in [0.29, 0.717) is 49.3 Å². The number of likely N-dealkylation sites (tertiary alicyclic amines) is 2. The molecule has 3 fully saturated rings. The Balaban J connectivity index is 1.25. The summed E-state index contributed by atoms with van der Waals surface area (Å²) in [5.41, 5.74) is 0. The van der Waals surface area contributed by atoms with Crippen LogP contribution in [0.1, 0.15) is 19.3 Å². The average Bonchev–Trinajstić information content (AvgIpc) is 2.80. The quantitative estimate of drug-likeness (QED) is 0.647. The van der Waals surface area contributed by atoms with Crippen LogP contribution in [-0.4, -0.2) is 75.3 Å². The molecule has 3 atom stereocenters. The zero-order valence-corrected chi connectivity index (χ0v) is 20.4. The van der Waals surface area contributed by atoms with E-state index in [2.05, 4.69) is 10.0 Å². The summed E-state index contributed by atoms with van der Waals surface area (Å²) in [6, 6.07) is 9.15. The van der Waals surface area contributed by atoms with Crippen LogP contribution in [0.15, 0.2) is 41.3 Å². The van der Waals surface area contributed by atoms with E-state index in [0.717, 1.165) is 30.3 Å². The van der Waals surface area contributed by atoms with E-state index in [1.165, 1.54) is 11.0 Å². The molecule has 2 aromatic rings. The Bertz CT molecular complexity index is 1210. The molecule has 8 nitrogen and oxygen atoms in total. The highest BCUT2D eigenvalue weighted by atomic mass is 35.5. The first kappa shape index (κ1) is 23.5. The maximum absolute atomic E-state index is 13.1. The van der Waals surface area contributed by atoms with Crippen LogP contribution in [0.3, 0.4) is 0 Å². The molecule has 0 saturated carbocycles. The molecule has 0 radical (unpaired) electrons. The number of fused-ring (bicyclic) bond motifs is 3. The van der Waals surface area contributed by atoms with Gasteiger partial charge in [-0.25, -0.2) is 8.42 Å². The molecule has 182 valence electrons. The number of nitrogens with zero attached hydrogens (tertiary/aromatic N) is 2. The number of hydrogen-bond donors (Lipinski definition) is 2. The molecule has 2 N–H and O–H groups in total. The number of hydrogen-bond acceptors (Lipinski definition) is 5. The van der Waals surface area contributed by atoms with Crippen molar-refractivity contribution in [2.24, 2.45) is 11.8 Å². The fourth-order valence-corrected chi connectivity index (χ4v) is 6.84. The van der Waals surface area contributed by atoms with Gasteiger partial charge in [-0.05, 0) is 79.2 Å². The van der Waals surface area contributed by atoms with E-state index in [-0.39, 0.29) is 23.3 Å². The average molecular weight is 505 g/mol. The molecule has 2 bridgehead atoms. The monoisotopic (exact) mass is 504 g/mol. The number of rotatable bonds is 5. The minimum atomic E-state index is -3.91. The molecule has 3 aliphatic heterocycles. The second-order valence-electron chi connectivity index (χ2n) is 9.65. The summed E-state index contributed by atoms with van der Waals surface area (Å²) in [7, 11) is -3.91. The topological polar surface area (TPSA) is 98.8 Å². The molecule has 3 unspecified atom stereocenters. The van der Waals surface area contributed by atoms with Crippen LogP contribution in [0.2, 0.25) is 5.02 Å². The van der Waals surface area contributed by atoms with Crippen molar-refractivity contribution < 1.29 is 18.0 Å². The maximum atomic E-state index is 13.1. The molecule has 3 saturated heterocycles. The maximum Gasteiger partial charge on any atom is 0.242 e. The number of piperidine rings is 3. The molecule has 0 aromatic heterocycles. The van der Waals surface area contributed by atoms with Gasteiger partial charge in [0.2, 0.25) is 21.8 Å². The minimum Gasteiger partial charge on any atom is -0.341 e. The molecule has 5 rings (SSSR count). The van der Waals surface area contributed by atoms with Gasteiger partial charge in [-0.3, -0.25) is 9.59 Å². The number of carbonyl (C=O) groups is 2. The van der Waals surface area contributed by atoms with Crippen molar-refractivity contribution in [3.05, 3.63) is 41.4 Å². The van der Waals surface area contributed by atoms with Crippen LogP contribution in [0.4, 0.5) is 0 Å². The van der Waals surface area contributed by atoms with Crippen LogP contribution in [0, 0.1) is 11.8 Å². The molecule has 0 aliphatic carbocycles. The Morgan fingerprint density at radius 2 is 1.79 bits per heavy atom. The predicted octanol–water partition coefficient (Wildman–Crippen LogP) is 1.83. The van der Waals surface area contributed by atoms with E-state index in [9.17, 15) is 18.0 Å². The largest absolute Gasteiger partial charge is 0.341 e. The summed E-state index contributed by atoms with van der Waals surface area (Å²) in [6.45, 7) is 3.74. The van der Waals surface area contributed by atoms with Gasteiger partial charge in [0, 0.05) is 24.7 Å². The Labute approximate surface area is 204 Å². The van der Waals surface area contributed by atoms with Crippen LogP contribution in [-0.2, 0) is 19.6 Å². The summed E-state index contributed by atoms with van der Waals surface area (Å²) in [4.78, 5) is 29.5. The molecule has 2 amide bonds. The lowest BCUT2D eigenvalue weighted by Gasteiger charge is -2.42. The number of carbonyl (C=O) groups excluding carboxylic acids is 2. The van der Waals surface area contributed by atoms with E-state index in [4.69, 9.17) is 11.6 Å². The minimum absolute atomic E-state index is 0.000658. The van der Waals surface area contributed by atoms with Gasteiger partial charge in [-0.2, -0.15) is 4.72 Å². The second-order valence-corrected chi connectivity index (χ2v) is 11.8. The Morgan fingerprint density at radius 3 is 2.56 bits per heavy atom. The zero-order chi connectivity index (χ0) is 23.9. The fraction of sp³-hybridized carbons (Fsp3) is 0.500. The first-order chi connectivity index (χ1) is 16.3. The SMILES string of the molecule is O=C(CN1CCCC(NS(=O)(=O)c2ccc3cc(Cl)ccc3c2)C1=O)N1CC2CNCC(C2)C1. The summed E-state index contributed by atoms with van der Waals surface area (Å²) in [6.07, 6.45) is 2.19. The smallest absolute Gasteiger partial charge is 0.242 e. The number of halogens is 1. The van der Waals surface area contributed by atoms with E-state index >= 15 is 0 Å². The Kier molecular flexibility index (Phi) is 6.54. The fourth-order valence-electron chi connectivity index (χ4n) is 5.40. The molecular weight excluding hydrogens is 476 g/mol. The zero-order valence-electron chi connectivity index (χ0n) is 18.9. The first-order valence-electron chi connectivity index (χ1n) is 11.8. The molecule has 3 heterocycles. The lowest BCUT2D eigenvalue weighted by atomic mass is 9.86. The highest BCUT2D eigenvalue weighted by Crippen LogP contribution is 2.26. The van der Waals surface area contributed by atoms with Crippen molar-refractivity contribution in [3.8, 4) is 0 Å². The molecule has 2 aromatic carbocycles. The van der Waals surface area contributed by atoms with E-state index in [1.807, 2.05) is 4.90 Å². The van der Waals surface area contributed by atoms with Gasteiger partial charge in [0.15, 0.2) is 0 Å². The standard InChI is InChI=1S/C24H29ClN4O4S/c25-20-5-3-19-10-21(6-4-18(19)9-20)34(32,33)27-22-2-1-7-28(24(22)31)15-23(30)29-13-16-8-17(14-29)12-26-11-16/h3-6,9-10,16-17,22,26-27H,1-2,7-8,11-15H2. The van der Waals surface area contributed by atoms with Gasteiger partial charge in [-0.15, -0.1) is 0 Å². The summed E-state index contributed by atoms with van der Waals surface area (Å²) in [5.74, 6) is 0.536. The van der Waals surface area contributed by atoms with Crippen molar-refractivity contribution >= 4 is 44.2 Å². The number of amides is 2. The van der Waals surface area contributed by atoms with Crippen LogP contribution >= 0.6 is 11.6 Å². The molecule has 0 spiro atoms.